The molecule has 5 rings (SSSR count). The van der Waals surface area contributed by atoms with E-state index in [9.17, 15) is 32.6 Å². The first kappa shape index (κ1) is 69.9. The quantitative estimate of drug-likeness (QED) is 0.0576. The average molecular weight is 1630 g/mol. The van der Waals surface area contributed by atoms with Gasteiger partial charge in [0.05, 0.1) is 0 Å². The first-order valence-electron chi connectivity index (χ1n) is 23.1. The molecule has 17 heteroatoms. The zero-order valence-electron chi connectivity index (χ0n) is 38.7. The number of aliphatic hydroxyl groups excluding tert-OH is 3. The fraction of sp³-hybridized carbons (Fsp3) is 0.694. The molecule has 2 aromatic rings. The standard InChI is InChI=1S/C26H35NO2.2C11H21NO2.CH4.ClH.FI3.I3/c1-3-4-15-24(26(29)25(28)18-21-16-17-21)27(19-22-11-7-5-8-12-22)20(2)23-13-9-6-10-14-23;2*1-2-3-4-9(12)11(14)10(13)7-8-5-6-8;;;1-4(2)3;1-3-2/h5-14,20-21,24,26,29H,3-4,15-19H2,1-2H3;2*8-9,11,14H,2-7,12H2,1H3;1H4;1H;;/q;;;;;;-1/t20-,24-,26-;2*9-,11-;;;;/m000..../s1. The van der Waals surface area contributed by atoms with Crippen molar-refractivity contribution < 1.29 is 45.8 Å². The van der Waals surface area contributed by atoms with Crippen LogP contribution in [-0.2, 0) is 20.9 Å². The van der Waals surface area contributed by atoms with Crippen molar-refractivity contribution in [2.75, 3.05) is 0 Å². The van der Waals surface area contributed by atoms with E-state index in [-0.39, 0.29) is 61.4 Å². The predicted molar refractivity (Wildman–Crippen MR) is 315 cm³/mol. The third kappa shape index (κ3) is 33.5. The summed E-state index contributed by atoms with van der Waals surface area (Å²) >= 11 is 7.12. The molecule has 3 fully saturated rings. The van der Waals surface area contributed by atoms with Crippen LogP contribution < -0.4 is 24.7 Å². The summed E-state index contributed by atoms with van der Waals surface area (Å²) in [5.74, 6) is 1.48. The topological polar surface area (TPSA) is 167 Å². The monoisotopic (exact) mass is 1620 g/mol. The molecule has 7 N–H and O–H groups in total. The minimum absolute atomic E-state index is 0. The number of nitrogens with zero attached hydrogens (tertiary/aromatic N) is 1. The molecule has 386 valence electrons. The number of hydrogen-bond acceptors (Lipinski definition) is 9. The van der Waals surface area contributed by atoms with E-state index < -0.39 is 30.8 Å². The zero-order chi connectivity index (χ0) is 48.0. The first-order valence-corrected chi connectivity index (χ1v) is 49.0. The number of carbonyl (C=O) groups excluding carboxylic acids is 3. The third-order valence-corrected chi connectivity index (χ3v) is 11.8. The number of hydrogen-bond donors (Lipinski definition) is 5. The summed E-state index contributed by atoms with van der Waals surface area (Å²) in [5.41, 5.74) is 13.9. The molecule has 9 nitrogen and oxygen atoms in total. The molecule has 0 aromatic heterocycles. The van der Waals surface area contributed by atoms with Crippen LogP contribution in [0.1, 0.15) is 168 Å². The van der Waals surface area contributed by atoms with Gasteiger partial charge in [-0.3, -0.25) is 19.3 Å². The Morgan fingerprint density at radius 1 is 0.682 bits per heavy atom. The Morgan fingerprint density at radius 3 is 1.33 bits per heavy atom. The number of rotatable bonds is 26. The van der Waals surface area contributed by atoms with Gasteiger partial charge in [0, 0.05) is 50.0 Å². The van der Waals surface area contributed by atoms with Gasteiger partial charge in [-0.2, -0.15) is 0 Å². The molecule has 3 saturated carbocycles. The van der Waals surface area contributed by atoms with Crippen LogP contribution in [0, 0.1) is 17.8 Å². The second-order valence-corrected chi connectivity index (χ2v) is 54.7. The van der Waals surface area contributed by atoms with E-state index in [1.54, 1.807) is 0 Å². The number of unbranched alkanes of at least 4 members (excludes halogenated alkanes) is 3. The normalized spacial score (nSPS) is 17.2. The average Bonchev–Trinajstić information content (AvgIpc) is 4.14. The van der Waals surface area contributed by atoms with Crippen molar-refractivity contribution in [3.63, 3.8) is 0 Å². The van der Waals surface area contributed by atoms with Crippen LogP contribution in [0.2, 0.25) is 0 Å². The molecule has 0 heterocycles. The molecule has 0 radical (unpaired) electrons. The zero-order valence-corrected chi connectivity index (χ0v) is 52.5. The van der Waals surface area contributed by atoms with Crippen molar-refractivity contribution >= 4 is 117 Å². The van der Waals surface area contributed by atoms with Gasteiger partial charge in [0.25, 0.3) is 0 Å². The number of benzene rings is 2. The number of carbonyl (C=O) groups is 3. The molecule has 0 saturated heterocycles. The minimum atomic E-state index is -1.82. The van der Waals surface area contributed by atoms with Gasteiger partial charge in [-0.05, 0) is 93.6 Å². The SMILES string of the molecule is C.CCCC[C@@H]([C@H](O)C(=O)CC1CC1)N(Cc1ccccc1)[C@@H](C)c1ccccc1.CCCC[C@H](N)[C@H](O)C(=O)CC1CC1.CCCC[C@H](N)[C@H](O)C(=O)CC1CC1.Cl.FI(I)I.I[I-]I. The van der Waals surface area contributed by atoms with Crippen LogP contribution in [0.3, 0.4) is 0 Å². The van der Waals surface area contributed by atoms with Crippen molar-refractivity contribution in [1.29, 1.82) is 0 Å². The van der Waals surface area contributed by atoms with Gasteiger partial charge in [-0.1, -0.05) is 127 Å². The number of ketones is 3. The molecular formula is C49H82ClFI6N3O6-. The third-order valence-electron chi connectivity index (χ3n) is 11.8. The van der Waals surface area contributed by atoms with Crippen molar-refractivity contribution in [2.24, 2.45) is 29.2 Å². The van der Waals surface area contributed by atoms with Crippen molar-refractivity contribution in [2.45, 2.75) is 200 Å². The van der Waals surface area contributed by atoms with Crippen LogP contribution in [0.15, 0.2) is 60.7 Å². The first-order chi connectivity index (χ1) is 30.5. The van der Waals surface area contributed by atoms with Gasteiger partial charge in [0.1, 0.15) is 18.3 Å². The van der Waals surface area contributed by atoms with Crippen LogP contribution in [-0.4, -0.2) is 74.0 Å². The molecule has 0 bridgehead atoms. The summed E-state index contributed by atoms with van der Waals surface area (Å²) in [5, 5.41) is 30.4. The molecule has 0 unspecified atom stereocenters. The van der Waals surface area contributed by atoms with Crippen LogP contribution >= 0.6 is 99.3 Å². The molecule has 0 aliphatic heterocycles. The van der Waals surface area contributed by atoms with E-state index in [0.29, 0.717) is 50.3 Å². The second kappa shape index (κ2) is 42.2. The Labute approximate surface area is 461 Å². The Kier molecular flexibility index (Phi) is 44.7. The summed E-state index contributed by atoms with van der Waals surface area (Å²) in [6.07, 6.45) is 14.1. The van der Waals surface area contributed by atoms with Crippen molar-refractivity contribution in [3.8, 4) is 0 Å². The van der Waals surface area contributed by atoms with E-state index in [4.69, 9.17) is 11.5 Å². The summed E-state index contributed by atoms with van der Waals surface area (Å²) in [6.45, 7) is 9.22. The Bertz CT molecular complexity index is 1480. The van der Waals surface area contributed by atoms with Crippen LogP contribution in [0.25, 0.3) is 0 Å². The molecular weight excluding hydrogens is 1540 g/mol. The van der Waals surface area contributed by atoms with E-state index in [0.717, 1.165) is 103 Å². The van der Waals surface area contributed by atoms with E-state index in [1.807, 2.05) is 49.4 Å². The van der Waals surface area contributed by atoms with Gasteiger partial charge in [0.15, 0.2) is 17.3 Å². The summed E-state index contributed by atoms with van der Waals surface area (Å²) in [7, 11) is 0. The van der Waals surface area contributed by atoms with E-state index in [2.05, 4.69) is 118 Å². The number of nitrogens with two attached hydrogens (primary N) is 2. The van der Waals surface area contributed by atoms with Crippen molar-refractivity contribution in [3.05, 3.63) is 71.8 Å². The molecule has 66 heavy (non-hydrogen) atoms. The van der Waals surface area contributed by atoms with E-state index >= 15 is 0 Å². The number of Topliss-reactive ketones (excluding diaryl/α,β-unsaturated/α-hetero) is 3. The van der Waals surface area contributed by atoms with Gasteiger partial charge < -0.3 is 26.8 Å². The van der Waals surface area contributed by atoms with Crippen molar-refractivity contribution in [1.82, 2.24) is 4.90 Å². The van der Waals surface area contributed by atoms with E-state index in [1.165, 1.54) is 11.1 Å². The molecule has 7 atom stereocenters. The Morgan fingerprint density at radius 2 is 1.00 bits per heavy atom. The van der Waals surface area contributed by atoms with Crippen LogP contribution in [0.4, 0.5) is 2.86 Å². The van der Waals surface area contributed by atoms with Gasteiger partial charge in [-0.25, -0.2) is 0 Å². The van der Waals surface area contributed by atoms with Gasteiger partial charge in [0.2, 0.25) is 0 Å². The van der Waals surface area contributed by atoms with Gasteiger partial charge >= 0.3 is 103 Å². The molecule has 0 amide bonds. The Hall–Kier alpha value is 1.81. The summed E-state index contributed by atoms with van der Waals surface area (Å²) < 4.78 is 11.1. The number of aliphatic hydroxyl groups is 3. The van der Waals surface area contributed by atoms with Crippen LogP contribution in [0.5, 0.6) is 0 Å². The number of halogens is 8. The maximum atomic E-state index is 12.8. The summed E-state index contributed by atoms with van der Waals surface area (Å²) in [4.78, 5) is 38.1. The molecule has 3 aliphatic rings. The van der Waals surface area contributed by atoms with Gasteiger partial charge in [-0.15, -0.1) is 12.4 Å². The molecule has 3 aliphatic carbocycles. The summed E-state index contributed by atoms with van der Waals surface area (Å²) in [6, 6.07) is 20.0. The maximum absolute atomic E-state index is 12.8. The predicted octanol–water partition coefficient (Wildman–Crippen LogP) is 10.9. The Balaban J connectivity index is 0. The second-order valence-electron chi connectivity index (χ2n) is 17.5. The molecule has 2 aromatic carbocycles. The fourth-order valence-electron chi connectivity index (χ4n) is 7.25. The molecule has 0 spiro atoms. The fourth-order valence-corrected chi connectivity index (χ4v) is 7.25.